The molecule has 0 amide bonds. The molecule has 39 heavy (non-hydrogen) atoms. The Kier molecular flexibility index (Phi) is 6.90. The number of nitrogens with one attached hydrogen (secondary N) is 1. The Hall–Kier alpha value is -3.83. The van der Waals surface area contributed by atoms with Crippen molar-refractivity contribution >= 4 is 28.9 Å². The number of fused-ring (bicyclic) bond motifs is 1. The number of carbonyl (C=O) groups excluding carboxylic acids is 1. The lowest BCUT2D eigenvalue weighted by atomic mass is 9.77. The highest BCUT2D eigenvalue weighted by molar-refractivity contribution is 7.15. The molecule has 3 N–H and O–H groups in total. The van der Waals surface area contributed by atoms with E-state index in [1.807, 2.05) is 26.0 Å². The topological polar surface area (TPSA) is 103 Å². The number of ether oxygens (including phenoxy) is 1. The Bertz CT molecular complexity index is 1570. The molecule has 0 spiro atoms. The second kappa shape index (κ2) is 10.0. The number of nitrogens with two attached hydrogens (primary N) is 1. The molecule has 1 atom stereocenters. The molecular weight excluding hydrogens is 527 g/mol. The van der Waals surface area contributed by atoms with Crippen LogP contribution in [0.1, 0.15) is 56.0 Å². The summed E-state index contributed by atoms with van der Waals surface area (Å²) in [7, 11) is 1.35. The fourth-order valence-corrected chi connectivity index (χ4v) is 5.94. The summed E-state index contributed by atoms with van der Waals surface area (Å²) in [5, 5.41) is 3.63. The van der Waals surface area contributed by atoms with Crippen molar-refractivity contribution in [2.45, 2.75) is 44.8 Å². The van der Waals surface area contributed by atoms with Crippen molar-refractivity contribution in [3.63, 3.8) is 0 Å². The molecule has 4 aromatic rings. The first-order valence-corrected chi connectivity index (χ1v) is 13.1. The molecule has 0 saturated heterocycles. The van der Waals surface area contributed by atoms with Crippen molar-refractivity contribution in [1.82, 2.24) is 15.0 Å². The number of carbonyl (C=O) groups is 1. The molecule has 5 rings (SSSR count). The van der Waals surface area contributed by atoms with Gasteiger partial charge in [-0.25, -0.2) is 19.7 Å². The van der Waals surface area contributed by atoms with Crippen LogP contribution < -0.4 is 11.1 Å². The van der Waals surface area contributed by atoms with Crippen molar-refractivity contribution in [3.05, 3.63) is 87.2 Å². The van der Waals surface area contributed by atoms with Crippen LogP contribution in [0.2, 0.25) is 0 Å². The first-order valence-electron chi connectivity index (χ1n) is 12.3. The van der Waals surface area contributed by atoms with Gasteiger partial charge >= 0.3 is 12.1 Å². The van der Waals surface area contributed by atoms with Gasteiger partial charge in [-0.05, 0) is 85.7 Å². The van der Waals surface area contributed by atoms with Gasteiger partial charge in [-0.2, -0.15) is 13.2 Å². The number of nitrogens with zero attached hydrogens (tertiary/aromatic N) is 3. The molecule has 1 aliphatic rings. The number of hydrogen-bond acceptors (Lipinski definition) is 8. The minimum atomic E-state index is -4.48. The van der Waals surface area contributed by atoms with Gasteiger partial charge in [-0.1, -0.05) is 6.07 Å². The summed E-state index contributed by atoms with van der Waals surface area (Å²) < 4.78 is 44.3. The van der Waals surface area contributed by atoms with Gasteiger partial charge in [0.15, 0.2) is 0 Å². The number of benzene rings is 1. The van der Waals surface area contributed by atoms with Crippen LogP contribution >= 0.6 is 11.3 Å². The standard InChI is InChI=1S/C28H26F3N5O2S/c1-15-11-23(35-22-13-19(8-10-33-22)28(29,30)31)36-24(16(15)2)21-14-34-26(39-21)27(32)9-4-5-17-12-18(25(37)38-3)6-7-20(17)27/h6-8,10-14H,4-5,9,32H2,1-3H3,(H,33,35,36). The average molecular weight is 554 g/mol. The monoisotopic (exact) mass is 553 g/mol. The van der Waals surface area contributed by atoms with Crippen LogP contribution in [0.5, 0.6) is 0 Å². The highest BCUT2D eigenvalue weighted by Gasteiger charge is 2.38. The number of rotatable bonds is 5. The van der Waals surface area contributed by atoms with Crippen LogP contribution in [0.25, 0.3) is 10.6 Å². The number of hydrogen-bond donors (Lipinski definition) is 2. The average Bonchev–Trinajstić information content (AvgIpc) is 3.41. The summed E-state index contributed by atoms with van der Waals surface area (Å²) in [5.74, 6) is 0.0199. The van der Waals surface area contributed by atoms with Crippen molar-refractivity contribution in [1.29, 1.82) is 0 Å². The van der Waals surface area contributed by atoms with E-state index in [9.17, 15) is 18.0 Å². The van der Waals surface area contributed by atoms with E-state index in [1.165, 1.54) is 18.4 Å². The van der Waals surface area contributed by atoms with E-state index < -0.39 is 23.2 Å². The van der Waals surface area contributed by atoms with E-state index in [0.29, 0.717) is 23.5 Å². The molecule has 11 heteroatoms. The number of halogens is 3. The molecule has 0 radical (unpaired) electrons. The molecule has 1 aromatic carbocycles. The third-order valence-electron chi connectivity index (χ3n) is 7.02. The van der Waals surface area contributed by atoms with Gasteiger partial charge in [0.1, 0.15) is 16.6 Å². The lowest BCUT2D eigenvalue weighted by molar-refractivity contribution is -0.137. The van der Waals surface area contributed by atoms with E-state index >= 15 is 0 Å². The normalized spacial score (nSPS) is 17.0. The molecule has 0 fully saturated rings. The number of aromatic nitrogens is 3. The largest absolute Gasteiger partial charge is 0.465 e. The maximum Gasteiger partial charge on any atom is 0.416 e. The predicted octanol–water partition coefficient (Wildman–Crippen LogP) is 6.30. The van der Waals surface area contributed by atoms with Crippen LogP contribution in [0.15, 0.2) is 48.8 Å². The molecule has 3 aromatic heterocycles. The quantitative estimate of drug-likeness (QED) is 0.280. The number of methoxy groups -OCH3 is 1. The van der Waals surface area contributed by atoms with Crippen LogP contribution in [-0.2, 0) is 22.9 Å². The lowest BCUT2D eigenvalue weighted by Crippen LogP contribution is -2.41. The molecule has 0 bridgehead atoms. The molecular formula is C28H26F3N5O2S. The molecule has 3 heterocycles. The third-order valence-corrected chi connectivity index (χ3v) is 8.20. The molecule has 202 valence electrons. The summed E-state index contributed by atoms with van der Waals surface area (Å²) in [6, 6.07) is 9.07. The van der Waals surface area contributed by atoms with Gasteiger partial charge in [-0.3, -0.25) is 0 Å². The minimum Gasteiger partial charge on any atom is -0.465 e. The molecule has 7 nitrogen and oxygen atoms in total. The fraction of sp³-hybridized carbons (Fsp3) is 0.286. The van der Waals surface area contributed by atoms with Crippen molar-refractivity contribution in [3.8, 4) is 10.6 Å². The van der Waals surface area contributed by atoms with Crippen molar-refractivity contribution in [2.24, 2.45) is 5.73 Å². The Morgan fingerprint density at radius 2 is 1.92 bits per heavy atom. The fourth-order valence-electron chi connectivity index (χ4n) is 4.83. The third kappa shape index (κ3) is 5.11. The highest BCUT2D eigenvalue weighted by atomic mass is 32.1. The first kappa shape index (κ1) is 26.8. The van der Waals surface area contributed by atoms with E-state index in [0.717, 1.165) is 63.3 Å². The second-order valence-corrected chi connectivity index (χ2v) is 10.6. The van der Waals surface area contributed by atoms with Gasteiger partial charge in [0.25, 0.3) is 0 Å². The van der Waals surface area contributed by atoms with E-state index in [-0.39, 0.29) is 5.82 Å². The molecule has 1 unspecified atom stereocenters. The predicted molar refractivity (Wildman–Crippen MR) is 143 cm³/mol. The summed E-state index contributed by atoms with van der Waals surface area (Å²) >= 11 is 1.43. The summed E-state index contributed by atoms with van der Waals surface area (Å²) in [6.45, 7) is 3.85. The zero-order chi connectivity index (χ0) is 27.9. The van der Waals surface area contributed by atoms with E-state index in [1.54, 1.807) is 18.3 Å². The second-order valence-electron chi connectivity index (χ2n) is 9.57. The molecule has 0 saturated carbocycles. The number of thiazole rings is 1. The van der Waals surface area contributed by atoms with Crippen LogP contribution in [0, 0.1) is 13.8 Å². The Labute approximate surface area is 227 Å². The number of esters is 1. The number of anilines is 2. The van der Waals surface area contributed by atoms with E-state index in [4.69, 9.17) is 15.5 Å². The lowest BCUT2D eigenvalue weighted by Gasteiger charge is -2.34. The molecule has 0 aliphatic heterocycles. The first-order chi connectivity index (χ1) is 18.5. The number of aryl methyl sites for hydroxylation is 2. The van der Waals surface area contributed by atoms with Gasteiger partial charge in [0.2, 0.25) is 0 Å². The Morgan fingerprint density at radius 1 is 1.13 bits per heavy atom. The SMILES string of the molecule is COC(=O)c1ccc2c(c1)CCCC2(N)c1ncc(-c2nc(Nc3cc(C(F)(F)F)ccn3)cc(C)c2C)s1. The molecule has 1 aliphatic carbocycles. The van der Waals surface area contributed by atoms with Crippen LogP contribution in [0.4, 0.5) is 24.8 Å². The summed E-state index contributed by atoms with van der Waals surface area (Å²) in [6.07, 6.45) is 0.694. The number of pyridine rings is 2. The zero-order valence-electron chi connectivity index (χ0n) is 21.5. The maximum atomic E-state index is 13.2. The summed E-state index contributed by atoms with van der Waals surface area (Å²) in [5.41, 5.74) is 10.3. The van der Waals surface area contributed by atoms with Gasteiger partial charge in [-0.15, -0.1) is 11.3 Å². The smallest absolute Gasteiger partial charge is 0.416 e. The van der Waals surface area contributed by atoms with Gasteiger partial charge in [0.05, 0.1) is 34.3 Å². The van der Waals surface area contributed by atoms with Gasteiger partial charge < -0.3 is 15.8 Å². The van der Waals surface area contributed by atoms with Crippen molar-refractivity contribution in [2.75, 3.05) is 12.4 Å². The Balaban J connectivity index is 1.49. The van der Waals surface area contributed by atoms with E-state index in [2.05, 4.69) is 15.3 Å². The maximum absolute atomic E-state index is 13.2. The van der Waals surface area contributed by atoms with Crippen molar-refractivity contribution < 1.29 is 22.7 Å². The van der Waals surface area contributed by atoms with Crippen LogP contribution in [-0.4, -0.2) is 28.0 Å². The highest BCUT2D eigenvalue weighted by Crippen LogP contribution is 2.42. The number of alkyl halides is 3. The minimum absolute atomic E-state index is 0.0440. The Morgan fingerprint density at radius 3 is 2.67 bits per heavy atom. The van der Waals surface area contributed by atoms with Crippen LogP contribution in [0.3, 0.4) is 0 Å². The van der Waals surface area contributed by atoms with Gasteiger partial charge in [0, 0.05) is 12.4 Å². The summed E-state index contributed by atoms with van der Waals surface area (Å²) in [4.78, 5) is 26.2. The zero-order valence-corrected chi connectivity index (χ0v) is 22.3.